The molecule has 2 atom stereocenters. The van der Waals surface area contributed by atoms with Crippen LogP contribution < -0.4 is 0 Å². The van der Waals surface area contributed by atoms with Crippen LogP contribution in [0.1, 0.15) is 58.8 Å². The third-order valence-electron chi connectivity index (χ3n) is 2.67. The zero-order valence-electron chi connectivity index (χ0n) is 9.50. The van der Waals surface area contributed by atoms with Gasteiger partial charge in [-0.05, 0) is 12.8 Å². The zero-order chi connectivity index (χ0) is 10.8. The molecule has 0 saturated carbocycles. The summed E-state index contributed by atoms with van der Waals surface area (Å²) < 4.78 is 0. The second-order valence-electron chi connectivity index (χ2n) is 3.91. The van der Waals surface area contributed by atoms with Crippen LogP contribution in [-0.4, -0.2) is 11.2 Å². The highest BCUT2D eigenvalue weighted by Crippen LogP contribution is 2.15. The van der Waals surface area contributed by atoms with Crippen LogP contribution in [0.15, 0.2) is 0 Å². The average Bonchev–Trinajstić information content (AvgIpc) is 2.19. The average molecular weight is 197 g/mol. The Morgan fingerprint density at radius 2 is 1.79 bits per heavy atom. The molecule has 0 aromatic carbocycles. The number of aliphatic hydroxyl groups is 1. The summed E-state index contributed by atoms with van der Waals surface area (Å²) in [7, 11) is 0. The Morgan fingerprint density at radius 3 is 2.29 bits per heavy atom. The van der Waals surface area contributed by atoms with Gasteiger partial charge in [-0.1, -0.05) is 46.0 Å². The molecule has 0 aromatic rings. The highest BCUT2D eigenvalue weighted by molar-refractivity contribution is 4.86. The first kappa shape index (κ1) is 13.4. The molecule has 0 heterocycles. The topological polar surface area (TPSA) is 44.0 Å². The van der Waals surface area contributed by atoms with Gasteiger partial charge in [-0.25, -0.2) is 0 Å². The van der Waals surface area contributed by atoms with Crippen LogP contribution in [0.5, 0.6) is 0 Å². The summed E-state index contributed by atoms with van der Waals surface area (Å²) in [5, 5.41) is 18.4. The molecule has 0 amide bonds. The molecule has 0 spiro atoms. The fourth-order valence-electron chi connectivity index (χ4n) is 1.61. The molecule has 2 nitrogen and oxygen atoms in total. The second-order valence-corrected chi connectivity index (χ2v) is 3.91. The Bertz CT molecular complexity index is 162. The minimum atomic E-state index is -0.411. The van der Waals surface area contributed by atoms with Crippen molar-refractivity contribution < 1.29 is 5.11 Å². The van der Waals surface area contributed by atoms with Crippen LogP contribution in [0, 0.1) is 17.2 Å². The number of hydrogen-bond donors (Lipinski definition) is 1. The lowest BCUT2D eigenvalue weighted by Crippen LogP contribution is -2.17. The molecule has 2 unspecified atom stereocenters. The summed E-state index contributed by atoms with van der Waals surface area (Å²) in [6.45, 7) is 4.14. The Hall–Kier alpha value is -0.550. The van der Waals surface area contributed by atoms with E-state index in [2.05, 4.69) is 13.0 Å². The lowest BCUT2D eigenvalue weighted by Gasteiger charge is -2.14. The predicted molar refractivity (Wildman–Crippen MR) is 58.8 cm³/mol. The summed E-state index contributed by atoms with van der Waals surface area (Å²) >= 11 is 0. The number of aliphatic hydroxyl groups excluding tert-OH is 1. The van der Waals surface area contributed by atoms with Gasteiger partial charge in [0.1, 0.15) is 0 Å². The summed E-state index contributed by atoms with van der Waals surface area (Å²) in [4.78, 5) is 0. The van der Waals surface area contributed by atoms with Gasteiger partial charge in [0, 0.05) is 0 Å². The molecule has 0 aliphatic carbocycles. The molecule has 14 heavy (non-hydrogen) atoms. The standard InChI is InChI=1S/C12H23NO/c1-3-5-6-7-8-9-12(14)11(4-2)10-13/h11-12,14H,3-9H2,1-2H3. The predicted octanol–water partition coefficient (Wildman–Crippen LogP) is 3.26. The number of nitrogens with zero attached hydrogens (tertiary/aromatic N) is 1. The van der Waals surface area contributed by atoms with E-state index in [0.29, 0.717) is 0 Å². The van der Waals surface area contributed by atoms with Gasteiger partial charge < -0.3 is 5.11 Å². The van der Waals surface area contributed by atoms with Crippen molar-refractivity contribution in [2.75, 3.05) is 0 Å². The maximum atomic E-state index is 9.64. The fourth-order valence-corrected chi connectivity index (χ4v) is 1.61. The first-order valence-electron chi connectivity index (χ1n) is 5.83. The molecule has 0 radical (unpaired) electrons. The molecular formula is C12H23NO. The summed E-state index contributed by atoms with van der Waals surface area (Å²) in [5.74, 6) is -0.166. The van der Waals surface area contributed by atoms with E-state index in [0.717, 1.165) is 19.3 Å². The number of hydrogen-bond acceptors (Lipinski definition) is 2. The van der Waals surface area contributed by atoms with Crippen LogP contribution in [0.25, 0.3) is 0 Å². The van der Waals surface area contributed by atoms with Gasteiger partial charge in [-0.15, -0.1) is 0 Å². The van der Waals surface area contributed by atoms with Crippen molar-refractivity contribution in [1.82, 2.24) is 0 Å². The number of nitriles is 1. The molecule has 0 fully saturated rings. The van der Waals surface area contributed by atoms with Crippen molar-refractivity contribution in [3.63, 3.8) is 0 Å². The largest absolute Gasteiger partial charge is 0.392 e. The molecule has 0 aliphatic rings. The lowest BCUT2D eigenvalue weighted by molar-refractivity contribution is 0.118. The lowest BCUT2D eigenvalue weighted by atomic mass is 9.96. The summed E-state index contributed by atoms with van der Waals surface area (Å²) in [5.41, 5.74) is 0. The molecule has 0 aromatic heterocycles. The van der Waals surface area contributed by atoms with Crippen molar-refractivity contribution >= 4 is 0 Å². The van der Waals surface area contributed by atoms with Crippen LogP contribution in [-0.2, 0) is 0 Å². The van der Waals surface area contributed by atoms with Crippen LogP contribution in [0.2, 0.25) is 0 Å². The van der Waals surface area contributed by atoms with E-state index in [1.807, 2.05) is 6.92 Å². The zero-order valence-corrected chi connectivity index (χ0v) is 9.50. The molecule has 0 aliphatic heterocycles. The van der Waals surface area contributed by atoms with E-state index in [-0.39, 0.29) is 5.92 Å². The second kappa shape index (κ2) is 9.02. The molecule has 0 rings (SSSR count). The Morgan fingerprint density at radius 1 is 1.14 bits per heavy atom. The quantitative estimate of drug-likeness (QED) is 0.607. The van der Waals surface area contributed by atoms with Gasteiger partial charge in [0.2, 0.25) is 0 Å². The number of rotatable bonds is 8. The van der Waals surface area contributed by atoms with Gasteiger partial charge in [0.25, 0.3) is 0 Å². The Kier molecular flexibility index (Phi) is 8.67. The first-order chi connectivity index (χ1) is 6.76. The van der Waals surface area contributed by atoms with E-state index in [4.69, 9.17) is 5.26 Å². The molecule has 2 heteroatoms. The minimum absolute atomic E-state index is 0.166. The monoisotopic (exact) mass is 197 g/mol. The fraction of sp³-hybridized carbons (Fsp3) is 0.917. The number of unbranched alkanes of at least 4 members (excludes halogenated alkanes) is 4. The third kappa shape index (κ3) is 5.99. The van der Waals surface area contributed by atoms with Crippen molar-refractivity contribution in [2.45, 2.75) is 64.9 Å². The molecule has 0 bridgehead atoms. The highest BCUT2D eigenvalue weighted by Gasteiger charge is 2.15. The van der Waals surface area contributed by atoms with Crippen LogP contribution in [0.3, 0.4) is 0 Å². The van der Waals surface area contributed by atoms with E-state index < -0.39 is 6.10 Å². The summed E-state index contributed by atoms with van der Waals surface area (Å²) in [6, 6.07) is 2.15. The smallest absolute Gasteiger partial charge is 0.0720 e. The van der Waals surface area contributed by atoms with Gasteiger partial charge >= 0.3 is 0 Å². The van der Waals surface area contributed by atoms with Crippen molar-refractivity contribution in [3.05, 3.63) is 0 Å². The maximum Gasteiger partial charge on any atom is 0.0720 e. The van der Waals surface area contributed by atoms with Crippen molar-refractivity contribution in [1.29, 1.82) is 5.26 Å². The van der Waals surface area contributed by atoms with Gasteiger partial charge in [0.05, 0.1) is 18.1 Å². The van der Waals surface area contributed by atoms with E-state index in [1.54, 1.807) is 0 Å². The van der Waals surface area contributed by atoms with Crippen molar-refractivity contribution in [2.24, 2.45) is 5.92 Å². The van der Waals surface area contributed by atoms with E-state index in [1.165, 1.54) is 25.7 Å². The van der Waals surface area contributed by atoms with E-state index in [9.17, 15) is 5.11 Å². The molecular weight excluding hydrogens is 174 g/mol. The Labute approximate surface area is 87.9 Å². The maximum absolute atomic E-state index is 9.64. The third-order valence-corrected chi connectivity index (χ3v) is 2.67. The summed E-state index contributed by atoms with van der Waals surface area (Å²) in [6.07, 6.45) is 7.16. The normalized spacial score (nSPS) is 14.7. The van der Waals surface area contributed by atoms with Crippen LogP contribution in [0.4, 0.5) is 0 Å². The van der Waals surface area contributed by atoms with Gasteiger partial charge in [-0.3, -0.25) is 0 Å². The van der Waals surface area contributed by atoms with Gasteiger partial charge in [-0.2, -0.15) is 5.26 Å². The highest BCUT2D eigenvalue weighted by atomic mass is 16.3. The molecule has 0 saturated heterocycles. The van der Waals surface area contributed by atoms with E-state index >= 15 is 0 Å². The SMILES string of the molecule is CCCCCCCC(O)C(C#N)CC. The minimum Gasteiger partial charge on any atom is -0.392 e. The Balaban J connectivity index is 3.43. The van der Waals surface area contributed by atoms with Crippen LogP contribution >= 0.6 is 0 Å². The first-order valence-corrected chi connectivity index (χ1v) is 5.83. The van der Waals surface area contributed by atoms with Crippen molar-refractivity contribution in [3.8, 4) is 6.07 Å². The van der Waals surface area contributed by atoms with Gasteiger partial charge in [0.15, 0.2) is 0 Å². The molecule has 82 valence electrons. The molecule has 1 N–H and O–H groups in total.